The van der Waals surface area contributed by atoms with E-state index < -0.39 is 59.3 Å². The number of aromatic amines is 1. The molecule has 0 unspecified atom stereocenters. The highest BCUT2D eigenvalue weighted by Crippen LogP contribution is 2.37. The van der Waals surface area contributed by atoms with E-state index in [-0.39, 0.29) is 29.1 Å². The summed E-state index contributed by atoms with van der Waals surface area (Å²) in [5.41, 5.74) is -4.34. The average Bonchev–Trinajstić information content (AvgIpc) is 3.31. The standard InChI is InChI=1S/C24H15F7N4O3/c25-15-5-7-16(8-6-15)35(12-19-33-34-22(38-19)17-2-1-9-32-21(17)37)20(36)10-13-3-4-14(23(26,27)28)11-18(13)24(29,30)31/h1-9,11H,10,12H2,(H,32,37). The van der Waals surface area contributed by atoms with Crippen LogP contribution in [0.15, 0.2) is 70.0 Å². The zero-order chi connectivity index (χ0) is 27.7. The van der Waals surface area contributed by atoms with Gasteiger partial charge in [0.05, 0.1) is 17.5 Å². The van der Waals surface area contributed by atoms with Crippen molar-refractivity contribution in [1.82, 2.24) is 15.2 Å². The van der Waals surface area contributed by atoms with Gasteiger partial charge in [0, 0.05) is 11.9 Å². The highest BCUT2D eigenvalue weighted by molar-refractivity contribution is 5.94. The number of carbonyl (C=O) groups is 1. The molecule has 7 nitrogen and oxygen atoms in total. The van der Waals surface area contributed by atoms with Crippen LogP contribution in [0.25, 0.3) is 11.5 Å². The van der Waals surface area contributed by atoms with Crippen LogP contribution in [-0.4, -0.2) is 21.1 Å². The van der Waals surface area contributed by atoms with Gasteiger partial charge in [0.15, 0.2) is 0 Å². The molecule has 2 aromatic heterocycles. The van der Waals surface area contributed by atoms with Crippen LogP contribution in [0.5, 0.6) is 0 Å². The number of hydrogen-bond donors (Lipinski definition) is 1. The van der Waals surface area contributed by atoms with Crippen molar-refractivity contribution in [3.63, 3.8) is 0 Å². The van der Waals surface area contributed by atoms with E-state index >= 15 is 0 Å². The summed E-state index contributed by atoms with van der Waals surface area (Å²) in [5.74, 6) is -2.06. The third-order valence-corrected chi connectivity index (χ3v) is 5.33. The molecule has 0 saturated heterocycles. The molecular formula is C24H15F7N4O3. The largest absolute Gasteiger partial charge is 0.419 e. The SMILES string of the molecule is O=C(Cc1ccc(C(F)(F)F)cc1C(F)(F)F)N(Cc1nnc(-c2ccc[nH]c2=O)o1)c1ccc(F)cc1. The molecule has 0 aliphatic heterocycles. The van der Waals surface area contributed by atoms with Crippen molar-refractivity contribution >= 4 is 11.6 Å². The zero-order valence-corrected chi connectivity index (χ0v) is 18.9. The second-order valence-corrected chi connectivity index (χ2v) is 7.91. The van der Waals surface area contributed by atoms with Crippen LogP contribution in [0.1, 0.15) is 22.6 Å². The Morgan fingerprint density at radius 1 is 0.947 bits per heavy atom. The monoisotopic (exact) mass is 540 g/mol. The van der Waals surface area contributed by atoms with Gasteiger partial charge in [0.2, 0.25) is 11.8 Å². The number of alkyl halides is 6. The molecule has 0 aliphatic carbocycles. The molecule has 2 heterocycles. The Morgan fingerprint density at radius 3 is 2.29 bits per heavy atom. The smallest absolute Gasteiger partial charge is 0.416 e. The molecular weight excluding hydrogens is 525 g/mol. The molecule has 0 radical (unpaired) electrons. The number of amides is 1. The summed E-state index contributed by atoms with van der Waals surface area (Å²) in [6.45, 7) is -0.496. The van der Waals surface area contributed by atoms with Crippen LogP contribution in [-0.2, 0) is 30.1 Å². The molecule has 0 aliphatic rings. The van der Waals surface area contributed by atoms with Crippen molar-refractivity contribution < 1.29 is 39.9 Å². The van der Waals surface area contributed by atoms with E-state index in [1.807, 2.05) is 0 Å². The van der Waals surface area contributed by atoms with Crippen molar-refractivity contribution in [1.29, 1.82) is 0 Å². The third kappa shape index (κ3) is 5.90. The van der Waals surface area contributed by atoms with Gasteiger partial charge < -0.3 is 14.3 Å². The van der Waals surface area contributed by atoms with E-state index in [0.29, 0.717) is 12.1 Å². The molecule has 0 spiro atoms. The Bertz CT molecular complexity index is 1510. The molecule has 4 rings (SSSR count). The zero-order valence-electron chi connectivity index (χ0n) is 18.9. The Morgan fingerprint density at radius 2 is 1.66 bits per heavy atom. The first-order valence-electron chi connectivity index (χ1n) is 10.7. The number of benzene rings is 2. The second-order valence-electron chi connectivity index (χ2n) is 7.91. The number of nitrogens with one attached hydrogen (secondary N) is 1. The number of hydrogen-bond acceptors (Lipinski definition) is 5. The lowest BCUT2D eigenvalue weighted by atomic mass is 10.00. The minimum atomic E-state index is -5.18. The van der Waals surface area contributed by atoms with Gasteiger partial charge in [-0.1, -0.05) is 6.07 Å². The topological polar surface area (TPSA) is 92.1 Å². The fourth-order valence-corrected chi connectivity index (χ4v) is 3.53. The Hall–Kier alpha value is -4.49. The summed E-state index contributed by atoms with van der Waals surface area (Å²) in [7, 11) is 0. The van der Waals surface area contributed by atoms with Crippen LogP contribution in [0.2, 0.25) is 0 Å². The first-order chi connectivity index (χ1) is 17.8. The maximum atomic E-state index is 13.6. The van der Waals surface area contributed by atoms with E-state index in [2.05, 4.69) is 15.2 Å². The minimum Gasteiger partial charge on any atom is -0.419 e. The molecule has 0 saturated carbocycles. The molecule has 4 aromatic rings. The van der Waals surface area contributed by atoms with Crippen molar-refractivity contribution in [3.8, 4) is 11.5 Å². The summed E-state index contributed by atoms with van der Waals surface area (Å²) in [5, 5.41) is 7.50. The molecule has 14 heteroatoms. The number of halogens is 7. The number of nitrogens with zero attached hydrogens (tertiary/aromatic N) is 3. The molecule has 38 heavy (non-hydrogen) atoms. The van der Waals surface area contributed by atoms with Gasteiger partial charge in [-0.05, 0) is 54.1 Å². The summed E-state index contributed by atoms with van der Waals surface area (Å²) in [6.07, 6.45) is -9.79. The number of carbonyl (C=O) groups excluding carboxylic acids is 1. The lowest BCUT2D eigenvalue weighted by Crippen LogP contribution is -2.32. The van der Waals surface area contributed by atoms with Crippen LogP contribution < -0.4 is 10.5 Å². The fraction of sp³-hybridized carbons (Fsp3) is 0.167. The molecule has 198 valence electrons. The summed E-state index contributed by atoms with van der Waals surface area (Å²) < 4.78 is 98.7. The summed E-state index contributed by atoms with van der Waals surface area (Å²) in [6, 6.07) is 8.19. The van der Waals surface area contributed by atoms with Crippen molar-refractivity contribution in [2.75, 3.05) is 4.90 Å². The number of anilines is 1. The van der Waals surface area contributed by atoms with Crippen LogP contribution in [0.4, 0.5) is 36.4 Å². The number of H-pyrrole nitrogens is 1. The Balaban J connectivity index is 1.68. The minimum absolute atomic E-state index is 0.0190. The molecule has 1 N–H and O–H groups in total. The van der Waals surface area contributed by atoms with E-state index in [0.717, 1.165) is 17.0 Å². The predicted octanol–water partition coefficient (Wildman–Crippen LogP) is 5.38. The van der Waals surface area contributed by atoms with E-state index in [4.69, 9.17) is 4.42 Å². The third-order valence-electron chi connectivity index (χ3n) is 5.33. The number of pyridine rings is 1. The van der Waals surface area contributed by atoms with E-state index in [1.165, 1.54) is 30.5 Å². The van der Waals surface area contributed by atoms with Crippen LogP contribution in [0, 0.1) is 5.82 Å². The fourth-order valence-electron chi connectivity index (χ4n) is 3.53. The van der Waals surface area contributed by atoms with Crippen molar-refractivity contribution in [2.24, 2.45) is 0 Å². The van der Waals surface area contributed by atoms with Gasteiger partial charge >= 0.3 is 12.4 Å². The molecule has 0 bridgehead atoms. The van der Waals surface area contributed by atoms with E-state index in [1.54, 1.807) is 0 Å². The van der Waals surface area contributed by atoms with Crippen molar-refractivity contribution in [2.45, 2.75) is 25.3 Å². The van der Waals surface area contributed by atoms with Crippen LogP contribution >= 0.6 is 0 Å². The average molecular weight is 540 g/mol. The van der Waals surface area contributed by atoms with Crippen molar-refractivity contribution in [3.05, 3.63) is 99.5 Å². The highest BCUT2D eigenvalue weighted by atomic mass is 19.4. The first-order valence-corrected chi connectivity index (χ1v) is 10.7. The molecule has 2 aromatic carbocycles. The molecule has 0 fully saturated rings. The van der Waals surface area contributed by atoms with Gasteiger partial charge in [-0.2, -0.15) is 26.3 Å². The van der Waals surface area contributed by atoms with Gasteiger partial charge in [0.1, 0.15) is 17.9 Å². The Labute approximate surface area is 208 Å². The van der Waals surface area contributed by atoms with E-state index in [9.17, 15) is 40.3 Å². The lowest BCUT2D eigenvalue weighted by Gasteiger charge is -2.23. The Kier molecular flexibility index (Phi) is 7.07. The maximum Gasteiger partial charge on any atom is 0.416 e. The van der Waals surface area contributed by atoms with Crippen LogP contribution in [0.3, 0.4) is 0 Å². The highest BCUT2D eigenvalue weighted by Gasteiger charge is 2.38. The second kappa shape index (κ2) is 10.1. The predicted molar refractivity (Wildman–Crippen MR) is 118 cm³/mol. The molecule has 0 atom stereocenters. The quantitative estimate of drug-likeness (QED) is 0.332. The van der Waals surface area contributed by atoms with Gasteiger partial charge in [-0.3, -0.25) is 9.59 Å². The summed E-state index contributed by atoms with van der Waals surface area (Å²) >= 11 is 0. The van der Waals surface area contributed by atoms with Gasteiger partial charge in [-0.15, -0.1) is 10.2 Å². The first kappa shape index (κ1) is 26.6. The summed E-state index contributed by atoms with van der Waals surface area (Å²) in [4.78, 5) is 28.5. The number of aromatic nitrogens is 3. The lowest BCUT2D eigenvalue weighted by molar-refractivity contribution is -0.143. The maximum absolute atomic E-state index is 13.6. The van der Waals surface area contributed by atoms with Gasteiger partial charge in [0.25, 0.3) is 11.4 Å². The normalized spacial score (nSPS) is 12.0. The molecule has 1 amide bonds. The van der Waals surface area contributed by atoms with Gasteiger partial charge in [-0.25, -0.2) is 4.39 Å². The number of rotatable bonds is 6.